The number of thioether (sulfide) groups is 1. The summed E-state index contributed by atoms with van der Waals surface area (Å²) >= 11 is 3.08. The van der Waals surface area contributed by atoms with Crippen LogP contribution in [0.1, 0.15) is 35.2 Å². The molecule has 3 aromatic heterocycles. The number of hydrogen-bond donors (Lipinski definition) is 1. The molecule has 0 spiro atoms. The van der Waals surface area contributed by atoms with Crippen LogP contribution in [0.4, 0.5) is 0 Å². The fraction of sp³-hybridized carbons (Fsp3) is 0.381. The lowest BCUT2D eigenvalue weighted by Gasteiger charge is -2.17. The molecule has 0 fully saturated rings. The number of aryl methyl sites for hydroxylation is 2. The highest BCUT2D eigenvalue weighted by molar-refractivity contribution is 7.98. The number of nitrogens with zero attached hydrogens (tertiary/aromatic N) is 5. The summed E-state index contributed by atoms with van der Waals surface area (Å²) in [5.74, 6) is 2.43. The second-order valence-electron chi connectivity index (χ2n) is 7.88. The third-order valence-corrected chi connectivity index (χ3v) is 7.63. The number of rotatable bonds is 5. The van der Waals surface area contributed by atoms with Crippen LogP contribution in [0.25, 0.3) is 15.9 Å². The van der Waals surface area contributed by atoms with Gasteiger partial charge in [-0.3, -0.25) is 4.79 Å². The first-order valence-corrected chi connectivity index (χ1v) is 11.9. The monoisotopic (exact) mass is 454 g/mol. The minimum absolute atomic E-state index is 0.0485. The number of ether oxygens (including phenoxy) is 1. The predicted molar refractivity (Wildman–Crippen MR) is 121 cm³/mol. The molecule has 1 aliphatic carbocycles. The van der Waals surface area contributed by atoms with Crippen molar-refractivity contribution in [3.05, 3.63) is 50.4 Å². The lowest BCUT2D eigenvalue weighted by atomic mass is 9.89. The molecular weight excluding hydrogens is 432 g/mol. The largest absolute Gasteiger partial charge is 0.494 e. The molecule has 0 saturated carbocycles. The van der Waals surface area contributed by atoms with Crippen LogP contribution in [0.3, 0.4) is 0 Å². The van der Waals surface area contributed by atoms with E-state index in [-0.39, 0.29) is 5.56 Å². The van der Waals surface area contributed by atoms with Gasteiger partial charge in [-0.05, 0) is 65.8 Å². The van der Waals surface area contributed by atoms with E-state index in [0.29, 0.717) is 28.4 Å². The van der Waals surface area contributed by atoms with Gasteiger partial charge in [0.15, 0.2) is 0 Å². The molecule has 0 saturated heterocycles. The number of fused-ring (bicyclic) bond motifs is 3. The highest BCUT2D eigenvalue weighted by Crippen LogP contribution is 2.36. The maximum Gasteiger partial charge on any atom is 0.259 e. The lowest BCUT2D eigenvalue weighted by molar-refractivity contribution is 0.410. The molecular formula is C21H22N6O2S2. The molecule has 1 aliphatic rings. The normalized spacial score (nSPS) is 15.9. The molecule has 1 N–H and O–H groups in total. The van der Waals surface area contributed by atoms with Crippen LogP contribution in [-0.2, 0) is 18.6 Å². The van der Waals surface area contributed by atoms with E-state index in [1.54, 1.807) is 23.1 Å². The molecule has 10 heteroatoms. The van der Waals surface area contributed by atoms with E-state index in [1.165, 1.54) is 22.2 Å². The van der Waals surface area contributed by atoms with Crippen molar-refractivity contribution in [1.29, 1.82) is 0 Å². The number of benzene rings is 1. The number of tetrazole rings is 1. The molecule has 0 aliphatic heterocycles. The summed E-state index contributed by atoms with van der Waals surface area (Å²) in [6.45, 7) is 4.27. The molecule has 31 heavy (non-hydrogen) atoms. The number of thiophene rings is 1. The summed E-state index contributed by atoms with van der Waals surface area (Å²) in [6.07, 6.45) is 3.12. The molecule has 5 rings (SSSR count). The van der Waals surface area contributed by atoms with Gasteiger partial charge in [-0.25, -0.2) is 4.98 Å². The number of hydrogen-bond acceptors (Lipinski definition) is 8. The summed E-state index contributed by atoms with van der Waals surface area (Å²) in [5.41, 5.74) is 3.00. The van der Waals surface area contributed by atoms with Crippen LogP contribution in [0.5, 0.6) is 5.75 Å². The molecule has 3 heterocycles. The van der Waals surface area contributed by atoms with Crippen molar-refractivity contribution in [3.63, 3.8) is 0 Å². The molecule has 8 nitrogen and oxygen atoms in total. The fourth-order valence-corrected chi connectivity index (χ4v) is 6.14. The van der Waals surface area contributed by atoms with Gasteiger partial charge < -0.3 is 9.72 Å². The highest BCUT2D eigenvalue weighted by atomic mass is 32.2. The Hall–Kier alpha value is -2.72. The minimum atomic E-state index is -0.0485. The Morgan fingerprint density at radius 1 is 1.39 bits per heavy atom. The van der Waals surface area contributed by atoms with Crippen LogP contribution < -0.4 is 10.3 Å². The van der Waals surface area contributed by atoms with Gasteiger partial charge in [-0.15, -0.1) is 16.4 Å². The van der Waals surface area contributed by atoms with Crippen molar-refractivity contribution in [3.8, 4) is 11.4 Å². The average Bonchev–Trinajstić information content (AvgIpc) is 3.36. The molecule has 160 valence electrons. The van der Waals surface area contributed by atoms with E-state index in [1.807, 2.05) is 25.1 Å². The predicted octanol–water partition coefficient (Wildman–Crippen LogP) is 3.69. The number of H-pyrrole nitrogens is 1. The second kappa shape index (κ2) is 8.08. The molecule has 1 aromatic carbocycles. The molecule has 0 radical (unpaired) electrons. The quantitative estimate of drug-likeness (QED) is 0.459. The van der Waals surface area contributed by atoms with Crippen molar-refractivity contribution in [2.75, 3.05) is 7.11 Å². The molecule has 0 amide bonds. The van der Waals surface area contributed by atoms with Gasteiger partial charge in [0.05, 0.1) is 18.2 Å². The van der Waals surface area contributed by atoms with Gasteiger partial charge in [0.1, 0.15) is 22.1 Å². The van der Waals surface area contributed by atoms with E-state index in [4.69, 9.17) is 9.72 Å². The van der Waals surface area contributed by atoms with E-state index < -0.39 is 0 Å². The smallest absolute Gasteiger partial charge is 0.259 e. The fourth-order valence-electron chi connectivity index (χ4n) is 3.98. The third-order valence-electron chi connectivity index (χ3n) is 5.56. The summed E-state index contributed by atoms with van der Waals surface area (Å²) in [7, 11) is 1.62. The van der Waals surface area contributed by atoms with Crippen molar-refractivity contribution >= 4 is 33.3 Å². The Kier molecular flexibility index (Phi) is 5.27. The zero-order chi connectivity index (χ0) is 21.5. The lowest BCUT2D eigenvalue weighted by Crippen LogP contribution is -2.14. The van der Waals surface area contributed by atoms with Crippen LogP contribution in [-0.4, -0.2) is 37.3 Å². The average molecular weight is 455 g/mol. The first kappa shape index (κ1) is 20.2. The summed E-state index contributed by atoms with van der Waals surface area (Å²) in [4.78, 5) is 22.7. The Morgan fingerprint density at radius 2 is 2.26 bits per heavy atom. The van der Waals surface area contributed by atoms with Gasteiger partial charge >= 0.3 is 0 Å². The van der Waals surface area contributed by atoms with Crippen LogP contribution >= 0.6 is 23.1 Å². The first-order chi connectivity index (χ1) is 15.0. The van der Waals surface area contributed by atoms with Gasteiger partial charge in [0, 0.05) is 4.88 Å². The Labute approximate surface area is 187 Å². The van der Waals surface area contributed by atoms with Gasteiger partial charge in [0.2, 0.25) is 5.16 Å². The SMILES string of the molecule is COc1ccc(C)cc1-n1nnnc1SCc1nc2sc3c(c2c(=O)[nH]1)CCC(C)C3. The zero-order valence-electron chi connectivity index (χ0n) is 17.5. The molecule has 1 atom stereocenters. The van der Waals surface area contributed by atoms with E-state index in [9.17, 15) is 4.79 Å². The third kappa shape index (κ3) is 3.74. The van der Waals surface area contributed by atoms with E-state index in [2.05, 4.69) is 27.4 Å². The highest BCUT2D eigenvalue weighted by Gasteiger charge is 2.23. The number of aromatic amines is 1. The molecule has 0 bridgehead atoms. The molecule has 4 aromatic rings. The summed E-state index contributed by atoms with van der Waals surface area (Å²) < 4.78 is 7.12. The molecule has 1 unspecified atom stereocenters. The Morgan fingerprint density at radius 3 is 3.10 bits per heavy atom. The van der Waals surface area contributed by atoms with E-state index >= 15 is 0 Å². The van der Waals surface area contributed by atoms with Crippen LogP contribution in [0, 0.1) is 12.8 Å². The minimum Gasteiger partial charge on any atom is -0.494 e. The maximum absolute atomic E-state index is 12.8. The second-order valence-corrected chi connectivity index (χ2v) is 9.91. The first-order valence-electron chi connectivity index (χ1n) is 10.1. The van der Waals surface area contributed by atoms with Crippen molar-refractivity contribution in [2.45, 2.75) is 44.0 Å². The number of methoxy groups -OCH3 is 1. The Bertz CT molecular complexity index is 1330. The van der Waals surface area contributed by atoms with Crippen molar-refractivity contribution in [2.24, 2.45) is 5.92 Å². The standard InChI is InChI=1S/C21H22N6O2S2/c1-11-5-7-15(29-3)14(8-11)27-21(24-25-26-27)30-10-17-22-19(28)18-13-6-4-12(2)9-16(13)31-20(18)23-17/h5,7-8,12H,4,6,9-10H2,1-3H3,(H,22,23,28). The van der Waals surface area contributed by atoms with Crippen molar-refractivity contribution < 1.29 is 4.74 Å². The summed E-state index contributed by atoms with van der Waals surface area (Å²) in [6, 6.07) is 5.85. The summed E-state index contributed by atoms with van der Waals surface area (Å²) in [5, 5.41) is 13.5. The van der Waals surface area contributed by atoms with Crippen LogP contribution in [0.2, 0.25) is 0 Å². The van der Waals surface area contributed by atoms with Gasteiger partial charge in [-0.1, -0.05) is 24.8 Å². The maximum atomic E-state index is 12.8. The Balaban J connectivity index is 1.44. The zero-order valence-corrected chi connectivity index (χ0v) is 19.1. The van der Waals surface area contributed by atoms with Gasteiger partial charge in [0.25, 0.3) is 5.56 Å². The van der Waals surface area contributed by atoms with Crippen LogP contribution in [0.15, 0.2) is 28.2 Å². The number of aromatic nitrogens is 6. The van der Waals surface area contributed by atoms with E-state index in [0.717, 1.165) is 40.7 Å². The van der Waals surface area contributed by atoms with Gasteiger partial charge in [-0.2, -0.15) is 4.68 Å². The number of nitrogens with one attached hydrogen (secondary N) is 1. The topological polar surface area (TPSA) is 98.6 Å². The van der Waals surface area contributed by atoms with Crippen molar-refractivity contribution in [1.82, 2.24) is 30.2 Å².